The summed E-state index contributed by atoms with van der Waals surface area (Å²) in [6.45, 7) is 0.642. The first-order valence-electron chi connectivity index (χ1n) is 10.4. The minimum absolute atomic E-state index is 0.0841. The van der Waals surface area contributed by atoms with Crippen LogP contribution in [0.15, 0.2) is 82.5 Å². The Bertz CT molecular complexity index is 1080. The lowest BCUT2D eigenvalue weighted by Gasteiger charge is -2.28. The zero-order valence-electron chi connectivity index (χ0n) is 17.1. The molecule has 0 radical (unpaired) electrons. The first-order chi connectivity index (χ1) is 15.2. The van der Waals surface area contributed by atoms with Gasteiger partial charge < -0.3 is 14.6 Å². The molecule has 7 heteroatoms. The lowest BCUT2D eigenvalue weighted by molar-refractivity contribution is -0.0988. The van der Waals surface area contributed by atoms with Crippen LogP contribution in [0.2, 0.25) is 0 Å². The van der Waals surface area contributed by atoms with E-state index in [1.54, 1.807) is 0 Å². The van der Waals surface area contributed by atoms with Crippen molar-refractivity contribution in [2.24, 2.45) is 5.92 Å². The molecule has 162 valence electrons. The van der Waals surface area contributed by atoms with E-state index < -0.39 is 23.5 Å². The van der Waals surface area contributed by atoms with E-state index in [-0.39, 0.29) is 18.6 Å². The molecule has 4 atom stereocenters. The molecule has 31 heavy (non-hydrogen) atoms. The number of aromatic amines is 1. The maximum atomic E-state index is 12.5. The van der Waals surface area contributed by atoms with Crippen LogP contribution in [-0.2, 0) is 22.7 Å². The van der Waals surface area contributed by atoms with Gasteiger partial charge in [-0.15, -0.1) is 0 Å². The quantitative estimate of drug-likeness (QED) is 0.581. The third-order valence-electron chi connectivity index (χ3n) is 5.73. The minimum atomic E-state index is -0.494. The summed E-state index contributed by atoms with van der Waals surface area (Å²) < 4.78 is 14.0. The van der Waals surface area contributed by atoms with Gasteiger partial charge in [0, 0.05) is 24.8 Å². The highest BCUT2D eigenvalue weighted by molar-refractivity contribution is 5.15. The summed E-state index contributed by atoms with van der Waals surface area (Å²) in [5.74, 6) is -0.201. The van der Waals surface area contributed by atoms with Crippen LogP contribution in [0.4, 0.5) is 0 Å². The second kappa shape index (κ2) is 9.87. The molecular formula is C24H26N2O5. The first-order valence-corrected chi connectivity index (χ1v) is 10.4. The van der Waals surface area contributed by atoms with Gasteiger partial charge in [0.15, 0.2) is 0 Å². The smallest absolute Gasteiger partial charge is 0.328 e. The van der Waals surface area contributed by atoms with Crippen molar-refractivity contribution in [3.8, 4) is 0 Å². The topological polar surface area (TPSA) is 93.6 Å². The van der Waals surface area contributed by atoms with E-state index in [4.69, 9.17) is 9.47 Å². The van der Waals surface area contributed by atoms with E-state index in [9.17, 15) is 14.7 Å². The highest BCUT2D eigenvalue weighted by Gasteiger charge is 2.46. The molecule has 1 aliphatic carbocycles. The van der Waals surface area contributed by atoms with Crippen LogP contribution >= 0.6 is 0 Å². The number of nitrogens with one attached hydrogen (secondary N) is 1. The number of nitrogens with zero attached hydrogens (tertiary/aromatic N) is 1. The molecule has 3 aromatic rings. The van der Waals surface area contributed by atoms with E-state index in [0.29, 0.717) is 19.6 Å². The van der Waals surface area contributed by atoms with E-state index in [1.165, 1.54) is 16.8 Å². The van der Waals surface area contributed by atoms with E-state index in [0.717, 1.165) is 11.1 Å². The predicted octanol–water partition coefficient (Wildman–Crippen LogP) is 2.26. The van der Waals surface area contributed by atoms with Gasteiger partial charge in [0.25, 0.3) is 5.56 Å². The molecule has 0 saturated heterocycles. The molecule has 1 fully saturated rings. The van der Waals surface area contributed by atoms with Crippen molar-refractivity contribution in [2.75, 3.05) is 6.61 Å². The minimum Gasteiger partial charge on any atom is -0.396 e. The van der Waals surface area contributed by atoms with Gasteiger partial charge in [-0.1, -0.05) is 60.7 Å². The lowest BCUT2D eigenvalue weighted by atomic mass is 10.1. The van der Waals surface area contributed by atoms with Crippen LogP contribution in [0.25, 0.3) is 0 Å². The molecule has 2 aromatic carbocycles. The number of H-pyrrole nitrogens is 1. The number of ether oxygens (including phenoxy) is 2. The highest BCUT2D eigenvalue weighted by atomic mass is 16.5. The van der Waals surface area contributed by atoms with Crippen LogP contribution in [0, 0.1) is 5.92 Å². The number of benzene rings is 2. The second-order valence-electron chi connectivity index (χ2n) is 7.79. The number of hydrogen-bond donors (Lipinski definition) is 2. The number of aliphatic hydroxyl groups excluding tert-OH is 1. The van der Waals surface area contributed by atoms with Crippen LogP contribution in [0.1, 0.15) is 23.6 Å². The van der Waals surface area contributed by atoms with E-state index >= 15 is 0 Å². The van der Waals surface area contributed by atoms with E-state index in [2.05, 4.69) is 4.98 Å². The number of rotatable bonds is 8. The average Bonchev–Trinajstić information content (AvgIpc) is 3.15. The Labute approximate surface area is 179 Å². The summed E-state index contributed by atoms with van der Waals surface area (Å²) in [6, 6.07) is 20.5. The van der Waals surface area contributed by atoms with Crippen molar-refractivity contribution in [3.05, 3.63) is 105 Å². The largest absolute Gasteiger partial charge is 0.396 e. The van der Waals surface area contributed by atoms with Gasteiger partial charge in [0.1, 0.15) is 6.10 Å². The molecule has 0 bridgehead atoms. The second-order valence-corrected chi connectivity index (χ2v) is 7.79. The molecule has 7 nitrogen and oxygen atoms in total. The average molecular weight is 422 g/mol. The summed E-state index contributed by atoms with van der Waals surface area (Å²) in [4.78, 5) is 26.3. The van der Waals surface area contributed by atoms with Crippen molar-refractivity contribution in [1.29, 1.82) is 0 Å². The molecule has 1 aromatic heterocycles. The molecular weight excluding hydrogens is 396 g/mol. The molecule has 0 spiro atoms. The molecule has 1 aliphatic rings. The molecule has 1 saturated carbocycles. The molecule has 0 amide bonds. The normalized spacial score (nSPS) is 23.1. The molecule has 2 N–H and O–H groups in total. The summed E-state index contributed by atoms with van der Waals surface area (Å²) >= 11 is 0. The maximum absolute atomic E-state index is 12.5. The Morgan fingerprint density at radius 3 is 2.00 bits per heavy atom. The Morgan fingerprint density at radius 1 is 0.871 bits per heavy atom. The van der Waals surface area contributed by atoms with Crippen molar-refractivity contribution in [1.82, 2.24) is 9.55 Å². The van der Waals surface area contributed by atoms with Crippen molar-refractivity contribution < 1.29 is 14.6 Å². The Balaban J connectivity index is 1.61. The summed E-state index contributed by atoms with van der Waals surface area (Å²) in [7, 11) is 0. The van der Waals surface area contributed by atoms with E-state index in [1.807, 2.05) is 60.7 Å². The lowest BCUT2D eigenvalue weighted by Crippen LogP contribution is -2.39. The highest BCUT2D eigenvalue weighted by Crippen LogP contribution is 2.39. The monoisotopic (exact) mass is 422 g/mol. The fourth-order valence-electron chi connectivity index (χ4n) is 4.17. The van der Waals surface area contributed by atoms with Gasteiger partial charge >= 0.3 is 5.69 Å². The standard InChI is InChI=1S/C24H26N2O5/c27-14-19-13-20(26-12-11-21(28)25-24(26)29)23(31-16-18-9-5-2-6-10-18)22(19)30-15-17-7-3-1-4-8-17/h1-12,19-20,22-23,27H,13-16H2,(H,25,28,29)/t19-,20-,22-,23-/m1/s1. The fourth-order valence-corrected chi connectivity index (χ4v) is 4.17. The summed E-state index contributed by atoms with van der Waals surface area (Å²) in [6.07, 6.45) is 1.11. The zero-order valence-corrected chi connectivity index (χ0v) is 17.1. The van der Waals surface area contributed by atoms with Crippen molar-refractivity contribution in [2.45, 2.75) is 37.9 Å². The molecule has 4 rings (SSSR count). The Kier molecular flexibility index (Phi) is 6.76. The number of aliphatic hydroxyl groups is 1. The van der Waals surface area contributed by atoms with Gasteiger partial charge in [-0.05, 0) is 17.5 Å². The summed E-state index contributed by atoms with van der Waals surface area (Å²) in [5.41, 5.74) is 1.08. The van der Waals surface area contributed by atoms with Crippen LogP contribution < -0.4 is 11.2 Å². The van der Waals surface area contributed by atoms with Gasteiger partial charge in [-0.25, -0.2) is 4.79 Å². The van der Waals surface area contributed by atoms with Crippen molar-refractivity contribution in [3.63, 3.8) is 0 Å². The van der Waals surface area contributed by atoms with Crippen molar-refractivity contribution >= 4 is 0 Å². The Morgan fingerprint density at radius 2 is 1.45 bits per heavy atom. The third-order valence-corrected chi connectivity index (χ3v) is 5.73. The SMILES string of the molecule is O=c1ccn([C@@H]2C[C@H](CO)[C@@H](OCc3ccccc3)[C@@H]2OCc2ccccc2)c(=O)[nH]1. The predicted molar refractivity (Wildman–Crippen MR) is 116 cm³/mol. The number of aromatic nitrogens is 2. The molecule has 1 heterocycles. The fraction of sp³-hybridized carbons (Fsp3) is 0.333. The van der Waals surface area contributed by atoms with Crippen LogP contribution in [0.5, 0.6) is 0 Å². The van der Waals surface area contributed by atoms with Gasteiger partial charge in [0.2, 0.25) is 0 Å². The maximum Gasteiger partial charge on any atom is 0.328 e. The first kappa shape index (κ1) is 21.2. The van der Waals surface area contributed by atoms with Crippen LogP contribution in [0.3, 0.4) is 0 Å². The van der Waals surface area contributed by atoms with Gasteiger partial charge in [-0.2, -0.15) is 0 Å². The zero-order chi connectivity index (χ0) is 21.6. The molecule has 0 aliphatic heterocycles. The Hall–Kier alpha value is -3.00. The summed E-state index contributed by atoms with van der Waals surface area (Å²) in [5, 5.41) is 10.0. The van der Waals surface area contributed by atoms with Gasteiger partial charge in [0.05, 0.1) is 25.4 Å². The third kappa shape index (κ3) is 5.02. The van der Waals surface area contributed by atoms with Gasteiger partial charge in [-0.3, -0.25) is 14.3 Å². The number of hydrogen-bond acceptors (Lipinski definition) is 5. The van der Waals surface area contributed by atoms with Crippen LogP contribution in [-0.4, -0.2) is 33.5 Å². The molecule has 0 unspecified atom stereocenters.